The lowest BCUT2D eigenvalue weighted by molar-refractivity contribution is -0.130. The smallest absolute Gasteiger partial charge is 0.223 e. The minimum atomic E-state index is -0.795. The zero-order valence-electron chi connectivity index (χ0n) is 28.1. The Hall–Kier alpha value is -3.03. The van der Waals surface area contributed by atoms with Gasteiger partial charge >= 0.3 is 0 Å². The van der Waals surface area contributed by atoms with Gasteiger partial charge in [-0.3, -0.25) is 9.59 Å². The monoisotopic (exact) mass is 706 g/mol. The molecule has 1 aliphatic heterocycles. The van der Waals surface area contributed by atoms with Crippen LogP contribution >= 0.6 is 11.6 Å². The highest BCUT2D eigenvalue weighted by molar-refractivity contribution is 6.17. The van der Waals surface area contributed by atoms with Crippen molar-refractivity contribution in [1.29, 1.82) is 0 Å². The highest BCUT2D eigenvalue weighted by Gasteiger charge is 2.35. The predicted molar refractivity (Wildman–Crippen MR) is 184 cm³/mol. The van der Waals surface area contributed by atoms with E-state index in [4.69, 9.17) is 36.3 Å². The molecule has 3 atom stereocenters. The molecule has 1 saturated heterocycles. The number of alkyl halides is 1. The molecular formula is C34H51ClN6O8. The second-order valence-corrected chi connectivity index (χ2v) is 12.7. The third-order valence-corrected chi connectivity index (χ3v) is 9.10. The van der Waals surface area contributed by atoms with E-state index in [0.29, 0.717) is 94.1 Å². The Morgan fingerprint density at radius 1 is 0.959 bits per heavy atom. The average molecular weight is 707 g/mol. The number of unbranched alkanes of at least 4 members (excludes halogenated alkanes) is 3. The molecule has 1 saturated carbocycles. The number of ether oxygens (including phenoxy) is 4. The molecule has 3 heterocycles. The van der Waals surface area contributed by atoms with E-state index in [1.165, 1.54) is 6.33 Å². The number of amides is 2. The third kappa shape index (κ3) is 12.1. The molecule has 49 heavy (non-hydrogen) atoms. The average Bonchev–Trinajstić information content (AvgIpc) is 3.68. The van der Waals surface area contributed by atoms with Crippen LogP contribution in [0.4, 0.5) is 5.82 Å². The number of nitrogens with two attached hydrogens (primary N) is 1. The molecule has 2 amide bonds. The van der Waals surface area contributed by atoms with Gasteiger partial charge in [0.1, 0.15) is 36.7 Å². The van der Waals surface area contributed by atoms with Crippen molar-refractivity contribution in [3.05, 3.63) is 18.1 Å². The molecule has 6 N–H and O–H groups in total. The Bertz CT molecular complexity index is 1380. The summed E-state index contributed by atoms with van der Waals surface area (Å²) < 4.78 is 24.2. The molecule has 2 aromatic heterocycles. The molecule has 0 aromatic carbocycles. The summed E-state index contributed by atoms with van der Waals surface area (Å²) in [5, 5.41) is 26.1. The topological polar surface area (TPSA) is 192 Å². The Labute approximate surface area is 292 Å². The van der Waals surface area contributed by atoms with Gasteiger partial charge in [0.15, 0.2) is 0 Å². The number of fused-ring (bicyclic) bond motifs is 1. The van der Waals surface area contributed by atoms with Crippen LogP contribution in [0, 0.1) is 23.7 Å². The highest BCUT2D eigenvalue weighted by Crippen LogP contribution is 2.34. The summed E-state index contributed by atoms with van der Waals surface area (Å²) in [6.07, 6.45) is 8.43. The number of nitrogen functional groups attached to an aromatic ring is 1. The predicted octanol–water partition coefficient (Wildman–Crippen LogP) is 1.89. The van der Waals surface area contributed by atoms with Crippen LogP contribution in [0.25, 0.3) is 11.0 Å². The molecule has 272 valence electrons. The molecule has 15 heteroatoms. The van der Waals surface area contributed by atoms with Crippen molar-refractivity contribution in [2.24, 2.45) is 11.8 Å². The molecule has 0 spiro atoms. The van der Waals surface area contributed by atoms with Crippen LogP contribution in [0.5, 0.6) is 0 Å². The Kier molecular flexibility index (Phi) is 16.8. The summed E-state index contributed by atoms with van der Waals surface area (Å²) in [6.45, 7) is 3.18. The summed E-state index contributed by atoms with van der Waals surface area (Å²) in [5.41, 5.74) is 7.24. The number of aliphatic hydroxyl groups excluding tert-OH is 2. The highest BCUT2D eigenvalue weighted by atomic mass is 35.5. The maximum absolute atomic E-state index is 12.7. The van der Waals surface area contributed by atoms with Crippen molar-refractivity contribution in [3.63, 3.8) is 0 Å². The molecule has 14 nitrogen and oxygen atoms in total. The molecule has 1 aliphatic carbocycles. The first-order valence-corrected chi connectivity index (χ1v) is 17.8. The molecule has 2 aromatic rings. The number of rotatable bonds is 20. The van der Waals surface area contributed by atoms with Gasteiger partial charge in [0, 0.05) is 50.0 Å². The first kappa shape index (κ1) is 38.8. The lowest BCUT2D eigenvalue weighted by Crippen LogP contribution is -2.39. The first-order chi connectivity index (χ1) is 23.9. The fourth-order valence-electron chi connectivity index (χ4n) is 6.10. The van der Waals surface area contributed by atoms with Crippen molar-refractivity contribution >= 4 is 40.3 Å². The fourth-order valence-corrected chi connectivity index (χ4v) is 6.29. The van der Waals surface area contributed by atoms with Gasteiger partial charge in [-0.25, -0.2) is 9.97 Å². The zero-order chi connectivity index (χ0) is 34.8. The van der Waals surface area contributed by atoms with Crippen molar-refractivity contribution in [3.8, 4) is 11.8 Å². The Morgan fingerprint density at radius 3 is 2.27 bits per heavy atom. The number of carbonyl (C=O) groups is 2. The minimum absolute atomic E-state index is 0.0194. The molecule has 2 aliphatic rings. The Morgan fingerprint density at radius 2 is 1.61 bits per heavy atom. The van der Waals surface area contributed by atoms with Gasteiger partial charge in [-0.05, 0) is 38.5 Å². The van der Waals surface area contributed by atoms with Gasteiger partial charge in [-0.15, -0.1) is 11.6 Å². The molecule has 2 fully saturated rings. The van der Waals surface area contributed by atoms with Crippen LogP contribution in [0.15, 0.2) is 12.5 Å². The van der Waals surface area contributed by atoms with Crippen LogP contribution in [0.1, 0.15) is 69.6 Å². The number of nitrogens with zero attached hydrogens (tertiary/aromatic N) is 3. The fraction of sp³-hybridized carbons (Fsp3) is 0.706. The van der Waals surface area contributed by atoms with Gasteiger partial charge in [0.25, 0.3) is 0 Å². The molecule has 0 bridgehead atoms. The van der Waals surface area contributed by atoms with Crippen LogP contribution in [0.3, 0.4) is 0 Å². The van der Waals surface area contributed by atoms with E-state index in [-0.39, 0.29) is 42.7 Å². The SMILES string of the molecule is Nc1ncnc2c1c(C#CCOCCNC(=O)C1CCC(C(=O)NCCOCCOCCCCCCCl)CC1)cn2[C@H]1CC(O)[C@@H](CO)O1. The van der Waals surface area contributed by atoms with Crippen molar-refractivity contribution in [2.45, 2.75) is 76.2 Å². The Balaban J connectivity index is 1.06. The molecule has 4 rings (SSSR count). The summed E-state index contributed by atoms with van der Waals surface area (Å²) in [4.78, 5) is 33.6. The second-order valence-electron chi connectivity index (χ2n) is 12.3. The van der Waals surface area contributed by atoms with E-state index in [9.17, 15) is 19.8 Å². The quantitative estimate of drug-likeness (QED) is 0.0768. The maximum Gasteiger partial charge on any atom is 0.223 e. The number of halogens is 1. The van der Waals surface area contributed by atoms with Gasteiger partial charge in [-0.1, -0.05) is 24.7 Å². The number of hydrogen-bond acceptors (Lipinski definition) is 11. The number of nitrogens with one attached hydrogen (secondary N) is 2. The zero-order valence-corrected chi connectivity index (χ0v) is 28.9. The number of aliphatic hydroxyl groups is 2. The van der Waals surface area contributed by atoms with E-state index in [0.717, 1.165) is 32.3 Å². The van der Waals surface area contributed by atoms with Gasteiger partial charge < -0.3 is 50.1 Å². The second kappa shape index (κ2) is 21.2. The standard InChI is InChI=1S/C34H51ClN6O8/c35-11-3-1-2-4-14-47-18-19-48-17-13-38-34(45)25-9-7-24(8-10-25)33(44)37-12-16-46-15-5-6-26-21-41(29-20-27(43)28(22-42)49-29)32-30(26)31(36)39-23-40-32/h21,23-25,27-29,42-43H,1-4,7-20,22H2,(H,37,44)(H,38,45)(H2,36,39,40)/t24?,25?,27?,28-,29-/m1/s1. The minimum Gasteiger partial charge on any atom is -0.394 e. The van der Waals surface area contributed by atoms with Gasteiger partial charge in [-0.2, -0.15) is 0 Å². The summed E-state index contributed by atoms with van der Waals surface area (Å²) in [7, 11) is 0. The number of carbonyl (C=O) groups excluding carboxylic acids is 2. The first-order valence-electron chi connectivity index (χ1n) is 17.3. The van der Waals surface area contributed by atoms with Crippen LogP contribution in [-0.4, -0.2) is 114 Å². The number of aromatic nitrogens is 3. The lowest BCUT2D eigenvalue weighted by atomic mass is 9.81. The van der Waals surface area contributed by atoms with Crippen LogP contribution in [-0.2, 0) is 28.5 Å². The van der Waals surface area contributed by atoms with E-state index in [1.807, 2.05) is 0 Å². The lowest BCUT2D eigenvalue weighted by Gasteiger charge is -2.27. The summed E-state index contributed by atoms with van der Waals surface area (Å²) >= 11 is 5.67. The van der Waals surface area contributed by atoms with E-state index >= 15 is 0 Å². The third-order valence-electron chi connectivity index (χ3n) is 8.83. The van der Waals surface area contributed by atoms with Crippen molar-refractivity contribution in [2.75, 3.05) is 71.0 Å². The van der Waals surface area contributed by atoms with Crippen LogP contribution < -0.4 is 16.4 Å². The normalized spacial score (nSPS) is 22.1. The number of anilines is 1. The van der Waals surface area contributed by atoms with Crippen LogP contribution in [0.2, 0.25) is 0 Å². The van der Waals surface area contributed by atoms with Gasteiger partial charge in [0.2, 0.25) is 11.8 Å². The van der Waals surface area contributed by atoms with E-state index < -0.39 is 18.4 Å². The summed E-state index contributed by atoms with van der Waals surface area (Å²) in [6, 6.07) is 0. The number of hydrogen-bond donors (Lipinski definition) is 5. The van der Waals surface area contributed by atoms with Gasteiger partial charge in [0.05, 0.1) is 50.1 Å². The van der Waals surface area contributed by atoms with E-state index in [1.54, 1.807) is 10.8 Å². The summed E-state index contributed by atoms with van der Waals surface area (Å²) in [5.74, 6) is 6.80. The molecular weight excluding hydrogens is 656 g/mol. The van der Waals surface area contributed by atoms with E-state index in [2.05, 4.69) is 32.4 Å². The largest absolute Gasteiger partial charge is 0.394 e. The molecule has 0 radical (unpaired) electrons. The maximum atomic E-state index is 12.7. The van der Waals surface area contributed by atoms with Crippen molar-refractivity contribution in [1.82, 2.24) is 25.2 Å². The van der Waals surface area contributed by atoms with Crippen molar-refractivity contribution < 1.29 is 38.7 Å². The molecule has 1 unspecified atom stereocenters.